The number of benzene rings is 1. The number of hydrogen-bond donors (Lipinski definition) is 0. The quantitative estimate of drug-likeness (QED) is 0.780. The molecule has 1 saturated heterocycles. The Bertz CT molecular complexity index is 588. The van der Waals surface area contributed by atoms with E-state index in [9.17, 15) is 8.42 Å². The van der Waals surface area contributed by atoms with Crippen LogP contribution < -0.4 is 4.74 Å². The van der Waals surface area contributed by atoms with Crippen molar-refractivity contribution < 1.29 is 13.2 Å². The first-order chi connectivity index (χ1) is 10.9. The molecule has 130 valence electrons. The molecular formula is C16H26N2O3S2. The fourth-order valence-corrected chi connectivity index (χ4v) is 5.50. The monoisotopic (exact) mass is 358 g/mol. The second kappa shape index (κ2) is 8.37. The molecular weight excluding hydrogens is 332 g/mol. The van der Waals surface area contributed by atoms with Gasteiger partial charge in [0.05, 0.1) is 11.5 Å². The Morgan fingerprint density at radius 1 is 1.30 bits per heavy atom. The fourth-order valence-electron chi connectivity index (χ4n) is 2.70. The zero-order valence-corrected chi connectivity index (χ0v) is 15.7. The highest BCUT2D eigenvalue weighted by Gasteiger charge is 2.32. The lowest BCUT2D eigenvalue weighted by atomic mass is 10.3. The molecule has 5 nitrogen and oxygen atoms in total. The van der Waals surface area contributed by atoms with Crippen LogP contribution in [0.15, 0.2) is 29.2 Å². The number of nitrogens with zero attached hydrogens (tertiary/aromatic N) is 2. The van der Waals surface area contributed by atoms with Gasteiger partial charge >= 0.3 is 0 Å². The van der Waals surface area contributed by atoms with E-state index in [4.69, 9.17) is 4.74 Å². The average molecular weight is 359 g/mol. The van der Waals surface area contributed by atoms with Crippen molar-refractivity contribution in [1.29, 1.82) is 0 Å². The molecule has 0 aliphatic carbocycles. The topological polar surface area (TPSA) is 49.9 Å². The molecule has 0 saturated carbocycles. The van der Waals surface area contributed by atoms with E-state index in [1.165, 1.54) is 0 Å². The minimum Gasteiger partial charge on any atom is -0.494 e. The minimum absolute atomic E-state index is 0.00840. The van der Waals surface area contributed by atoms with Gasteiger partial charge in [-0.2, -0.15) is 16.1 Å². The first-order valence-corrected chi connectivity index (χ1v) is 10.5. The molecule has 23 heavy (non-hydrogen) atoms. The lowest BCUT2D eigenvalue weighted by molar-refractivity contribution is 0.271. The molecule has 1 aliphatic rings. The lowest BCUT2D eigenvalue weighted by Gasteiger charge is -2.30. The van der Waals surface area contributed by atoms with Gasteiger partial charge in [0.15, 0.2) is 0 Å². The summed E-state index contributed by atoms with van der Waals surface area (Å²) in [6.07, 6.45) is 0.894. The first kappa shape index (κ1) is 18.6. The Morgan fingerprint density at radius 3 is 2.61 bits per heavy atom. The highest BCUT2D eigenvalue weighted by Crippen LogP contribution is 2.26. The van der Waals surface area contributed by atoms with Crippen LogP contribution in [-0.4, -0.2) is 69.0 Å². The summed E-state index contributed by atoms with van der Waals surface area (Å²) in [5.74, 6) is 2.55. The first-order valence-electron chi connectivity index (χ1n) is 7.92. The lowest BCUT2D eigenvalue weighted by Crippen LogP contribution is -2.46. The van der Waals surface area contributed by atoms with Crippen molar-refractivity contribution in [2.24, 2.45) is 0 Å². The summed E-state index contributed by atoms with van der Waals surface area (Å²) in [5, 5.41) is 0. The molecule has 0 N–H and O–H groups in total. The SMILES string of the molecule is CCOc1ccc(S(=O)(=O)N2CCCSCC2CN(C)C)cc1. The van der Waals surface area contributed by atoms with Crippen LogP contribution in [0.2, 0.25) is 0 Å². The van der Waals surface area contributed by atoms with Crippen molar-refractivity contribution in [2.75, 3.05) is 45.3 Å². The van der Waals surface area contributed by atoms with E-state index < -0.39 is 10.0 Å². The van der Waals surface area contributed by atoms with E-state index in [-0.39, 0.29) is 6.04 Å². The third-order valence-electron chi connectivity index (χ3n) is 3.70. The Hall–Kier alpha value is -0.760. The van der Waals surface area contributed by atoms with E-state index >= 15 is 0 Å². The van der Waals surface area contributed by atoms with Crippen molar-refractivity contribution in [1.82, 2.24) is 9.21 Å². The Balaban J connectivity index is 2.26. The summed E-state index contributed by atoms with van der Waals surface area (Å²) >= 11 is 1.84. The standard InChI is InChI=1S/C16H26N2O3S2/c1-4-21-15-6-8-16(9-7-15)23(19,20)18-10-5-11-22-13-14(18)12-17(2)3/h6-9,14H,4-5,10-13H2,1-3H3. The zero-order valence-electron chi connectivity index (χ0n) is 14.1. The van der Waals surface area contributed by atoms with E-state index in [2.05, 4.69) is 4.90 Å². The number of thioether (sulfide) groups is 1. The zero-order chi connectivity index (χ0) is 16.9. The number of likely N-dealkylation sites (N-methyl/N-ethyl adjacent to an activating group) is 1. The maximum Gasteiger partial charge on any atom is 0.243 e. The number of rotatable bonds is 6. The summed E-state index contributed by atoms with van der Waals surface area (Å²) in [6, 6.07) is 6.75. The second-order valence-electron chi connectivity index (χ2n) is 5.86. The smallest absolute Gasteiger partial charge is 0.243 e. The molecule has 0 aromatic heterocycles. The van der Waals surface area contributed by atoms with Crippen molar-refractivity contribution in [3.63, 3.8) is 0 Å². The normalized spacial score (nSPS) is 20.4. The van der Waals surface area contributed by atoms with Crippen LogP contribution in [0.4, 0.5) is 0 Å². The minimum atomic E-state index is -3.47. The van der Waals surface area contributed by atoms with Gasteiger partial charge in [-0.05, 0) is 57.5 Å². The summed E-state index contributed by atoms with van der Waals surface area (Å²) in [7, 11) is 0.493. The highest BCUT2D eigenvalue weighted by atomic mass is 32.2. The number of sulfonamides is 1. The van der Waals surface area contributed by atoms with E-state index in [0.717, 1.165) is 24.5 Å². The summed E-state index contributed by atoms with van der Waals surface area (Å²) < 4.78 is 33.2. The molecule has 2 rings (SSSR count). The Labute approximate surface area is 144 Å². The molecule has 7 heteroatoms. The van der Waals surface area contributed by atoms with Crippen LogP contribution in [0.1, 0.15) is 13.3 Å². The van der Waals surface area contributed by atoms with Gasteiger partial charge < -0.3 is 9.64 Å². The van der Waals surface area contributed by atoms with Crippen LogP contribution in [-0.2, 0) is 10.0 Å². The average Bonchev–Trinajstić information content (AvgIpc) is 2.73. The predicted molar refractivity (Wildman–Crippen MR) is 95.8 cm³/mol. The molecule has 1 atom stereocenters. The summed E-state index contributed by atoms with van der Waals surface area (Å²) in [6.45, 7) is 3.80. The van der Waals surface area contributed by atoms with Gasteiger partial charge in [0.2, 0.25) is 10.0 Å². The molecule has 1 aromatic carbocycles. The van der Waals surface area contributed by atoms with Crippen molar-refractivity contribution in [2.45, 2.75) is 24.3 Å². The Kier molecular flexibility index (Phi) is 6.76. The largest absolute Gasteiger partial charge is 0.494 e. The Morgan fingerprint density at radius 2 is 2.00 bits per heavy atom. The van der Waals surface area contributed by atoms with Gasteiger partial charge in [0.25, 0.3) is 0 Å². The van der Waals surface area contributed by atoms with Crippen LogP contribution in [0, 0.1) is 0 Å². The van der Waals surface area contributed by atoms with Crippen molar-refractivity contribution in [3.05, 3.63) is 24.3 Å². The molecule has 1 aliphatic heterocycles. The van der Waals surface area contributed by atoms with Crippen molar-refractivity contribution in [3.8, 4) is 5.75 Å². The van der Waals surface area contributed by atoms with Gasteiger partial charge in [0, 0.05) is 24.9 Å². The highest BCUT2D eigenvalue weighted by molar-refractivity contribution is 7.99. The molecule has 0 bridgehead atoms. The molecule has 1 heterocycles. The van der Waals surface area contributed by atoms with Gasteiger partial charge in [-0.3, -0.25) is 0 Å². The fraction of sp³-hybridized carbons (Fsp3) is 0.625. The summed E-state index contributed by atoms with van der Waals surface area (Å²) in [5.41, 5.74) is 0. The van der Waals surface area contributed by atoms with E-state index in [1.807, 2.05) is 32.8 Å². The van der Waals surface area contributed by atoms with E-state index in [0.29, 0.717) is 23.8 Å². The van der Waals surface area contributed by atoms with Crippen LogP contribution in [0.25, 0.3) is 0 Å². The van der Waals surface area contributed by atoms with Gasteiger partial charge in [-0.15, -0.1) is 0 Å². The van der Waals surface area contributed by atoms with Gasteiger partial charge in [-0.25, -0.2) is 8.42 Å². The van der Waals surface area contributed by atoms with E-state index in [1.54, 1.807) is 28.6 Å². The van der Waals surface area contributed by atoms with Crippen LogP contribution >= 0.6 is 11.8 Å². The predicted octanol–water partition coefficient (Wildman–Crippen LogP) is 2.14. The second-order valence-corrected chi connectivity index (χ2v) is 8.91. The maximum atomic E-state index is 13.1. The molecule has 1 fully saturated rings. The number of ether oxygens (including phenoxy) is 1. The molecule has 0 amide bonds. The molecule has 1 aromatic rings. The summed E-state index contributed by atoms with van der Waals surface area (Å²) in [4.78, 5) is 2.40. The van der Waals surface area contributed by atoms with Gasteiger partial charge in [0.1, 0.15) is 5.75 Å². The van der Waals surface area contributed by atoms with Crippen LogP contribution in [0.3, 0.4) is 0 Å². The molecule has 0 spiro atoms. The number of hydrogen-bond acceptors (Lipinski definition) is 5. The van der Waals surface area contributed by atoms with Crippen LogP contribution in [0.5, 0.6) is 5.75 Å². The van der Waals surface area contributed by atoms with Gasteiger partial charge in [-0.1, -0.05) is 0 Å². The van der Waals surface area contributed by atoms with Crippen molar-refractivity contribution >= 4 is 21.8 Å². The molecule has 0 radical (unpaired) electrons. The molecule has 1 unspecified atom stereocenters. The third kappa shape index (κ3) is 4.86. The third-order valence-corrected chi connectivity index (χ3v) is 6.87. The maximum absolute atomic E-state index is 13.1.